The Morgan fingerprint density at radius 2 is 2.00 bits per heavy atom. The van der Waals surface area contributed by atoms with Crippen LogP contribution in [0.25, 0.3) is 0 Å². The van der Waals surface area contributed by atoms with Crippen LogP contribution in [0.2, 0.25) is 0 Å². The fourth-order valence-electron chi connectivity index (χ4n) is 4.02. The molecule has 1 fully saturated rings. The van der Waals surface area contributed by atoms with Crippen molar-refractivity contribution in [1.82, 2.24) is 14.9 Å². The van der Waals surface area contributed by atoms with Crippen LogP contribution in [0, 0.1) is 26.6 Å². The number of carbonyl (C=O) groups excluding carboxylic acids is 1. The number of nitrogens with two attached hydrogens (primary N) is 1. The van der Waals surface area contributed by atoms with Crippen molar-refractivity contribution < 1.29 is 9.18 Å². The van der Waals surface area contributed by atoms with E-state index in [9.17, 15) is 9.18 Å². The zero-order valence-electron chi connectivity index (χ0n) is 16.6. The Bertz CT molecular complexity index is 945. The predicted octanol–water partition coefficient (Wildman–Crippen LogP) is 2.28. The minimum absolute atomic E-state index is 0.124. The number of anilines is 1. The summed E-state index contributed by atoms with van der Waals surface area (Å²) in [7, 11) is 0. The average Bonchev–Trinajstić information content (AvgIpc) is 3.12. The van der Waals surface area contributed by atoms with Gasteiger partial charge in [0.15, 0.2) is 0 Å². The van der Waals surface area contributed by atoms with Crippen LogP contribution in [0.3, 0.4) is 0 Å². The summed E-state index contributed by atoms with van der Waals surface area (Å²) in [6, 6.07) is 3.88. The minimum Gasteiger partial charge on any atom is -0.355 e. The summed E-state index contributed by atoms with van der Waals surface area (Å²) >= 11 is 0. The smallest absolute Gasteiger partial charge is 0.292 e. The number of aryl methyl sites for hydroxylation is 2. The SMILES string of the molecule is Cc1ccc2c(c1F)CN(C(=O)c1nc(C)c(C)c(N3CC[C@@H](N)C3)n1)CC2. The highest BCUT2D eigenvalue weighted by atomic mass is 19.1. The predicted molar refractivity (Wildman–Crippen MR) is 106 cm³/mol. The third-order valence-electron chi connectivity index (χ3n) is 5.90. The van der Waals surface area contributed by atoms with Gasteiger partial charge in [-0.25, -0.2) is 14.4 Å². The molecule has 148 valence electrons. The molecule has 3 heterocycles. The van der Waals surface area contributed by atoms with Crippen LogP contribution in [0.1, 0.15) is 45.0 Å². The monoisotopic (exact) mass is 383 g/mol. The van der Waals surface area contributed by atoms with Crippen LogP contribution < -0.4 is 10.6 Å². The Morgan fingerprint density at radius 1 is 1.21 bits per heavy atom. The second-order valence-corrected chi connectivity index (χ2v) is 7.89. The van der Waals surface area contributed by atoms with Crippen molar-refractivity contribution >= 4 is 11.7 Å². The van der Waals surface area contributed by atoms with Crippen LogP contribution in [-0.4, -0.2) is 46.5 Å². The normalized spacial score (nSPS) is 19.1. The van der Waals surface area contributed by atoms with Gasteiger partial charge in [-0.15, -0.1) is 0 Å². The lowest BCUT2D eigenvalue weighted by Gasteiger charge is -2.29. The largest absolute Gasteiger partial charge is 0.355 e. The van der Waals surface area contributed by atoms with E-state index in [1.807, 2.05) is 19.9 Å². The van der Waals surface area contributed by atoms with Crippen molar-refractivity contribution in [3.63, 3.8) is 0 Å². The summed E-state index contributed by atoms with van der Waals surface area (Å²) in [4.78, 5) is 25.9. The van der Waals surface area contributed by atoms with Gasteiger partial charge in [0.05, 0.1) is 0 Å². The van der Waals surface area contributed by atoms with Crippen LogP contribution in [0.5, 0.6) is 0 Å². The highest BCUT2D eigenvalue weighted by Crippen LogP contribution is 2.27. The first kappa shape index (κ1) is 18.8. The molecule has 1 atom stereocenters. The van der Waals surface area contributed by atoms with Crippen molar-refractivity contribution in [2.75, 3.05) is 24.5 Å². The van der Waals surface area contributed by atoms with Gasteiger partial charge in [-0.2, -0.15) is 0 Å². The Morgan fingerprint density at radius 3 is 2.71 bits per heavy atom. The minimum atomic E-state index is -0.251. The Labute approximate surface area is 164 Å². The maximum Gasteiger partial charge on any atom is 0.292 e. The van der Waals surface area contributed by atoms with E-state index in [-0.39, 0.29) is 30.1 Å². The molecule has 2 aliphatic rings. The van der Waals surface area contributed by atoms with Crippen molar-refractivity contribution in [2.24, 2.45) is 5.73 Å². The van der Waals surface area contributed by atoms with Gasteiger partial charge < -0.3 is 15.5 Å². The second-order valence-electron chi connectivity index (χ2n) is 7.89. The number of hydrogen-bond acceptors (Lipinski definition) is 5. The van der Waals surface area contributed by atoms with Crippen molar-refractivity contribution in [2.45, 2.75) is 46.2 Å². The molecular formula is C21H26FN5O. The van der Waals surface area contributed by atoms with E-state index in [1.165, 1.54) is 0 Å². The quantitative estimate of drug-likeness (QED) is 0.861. The number of benzene rings is 1. The molecule has 4 rings (SSSR count). The number of nitrogens with zero attached hydrogens (tertiary/aromatic N) is 4. The number of fused-ring (bicyclic) bond motifs is 1. The number of halogens is 1. The summed E-state index contributed by atoms with van der Waals surface area (Å²) in [5, 5.41) is 0. The fraction of sp³-hybridized carbons (Fsp3) is 0.476. The maximum absolute atomic E-state index is 14.6. The van der Waals surface area contributed by atoms with Crippen LogP contribution in [-0.2, 0) is 13.0 Å². The molecule has 1 saturated heterocycles. The van der Waals surface area contributed by atoms with Crippen molar-refractivity contribution in [1.29, 1.82) is 0 Å². The molecule has 0 spiro atoms. The lowest BCUT2D eigenvalue weighted by Crippen LogP contribution is -2.38. The van der Waals surface area contributed by atoms with Crippen LogP contribution in [0.4, 0.5) is 10.2 Å². The maximum atomic E-state index is 14.6. The van der Waals surface area contributed by atoms with Crippen molar-refractivity contribution in [3.05, 3.63) is 51.7 Å². The van der Waals surface area contributed by atoms with Crippen molar-refractivity contribution in [3.8, 4) is 0 Å². The second kappa shape index (κ2) is 7.13. The molecule has 1 aromatic heterocycles. The third-order valence-corrected chi connectivity index (χ3v) is 5.90. The van der Waals surface area contributed by atoms with Crippen LogP contribution in [0.15, 0.2) is 12.1 Å². The summed E-state index contributed by atoms with van der Waals surface area (Å²) in [5.74, 6) is 0.487. The van der Waals surface area contributed by atoms with E-state index in [4.69, 9.17) is 5.73 Å². The number of aromatic nitrogens is 2. The van der Waals surface area contributed by atoms with Gasteiger partial charge in [-0.1, -0.05) is 12.1 Å². The molecule has 0 bridgehead atoms. The molecule has 2 N–H and O–H groups in total. The lowest BCUT2D eigenvalue weighted by molar-refractivity contribution is 0.0719. The molecule has 28 heavy (non-hydrogen) atoms. The summed E-state index contributed by atoms with van der Waals surface area (Å²) in [6.45, 7) is 7.95. The van der Waals surface area contributed by atoms with Gasteiger partial charge in [0.1, 0.15) is 11.6 Å². The standard InChI is InChI=1S/C21H26FN5O/c1-12-4-5-15-6-8-27(11-17(15)18(12)22)21(28)19-24-14(3)13(2)20(25-19)26-9-7-16(23)10-26/h4-5,16H,6-11,23H2,1-3H3/t16-/m1/s1. The van der Waals surface area contributed by atoms with Gasteiger partial charge in [0.25, 0.3) is 5.91 Å². The molecule has 0 saturated carbocycles. The van der Waals surface area contributed by atoms with E-state index in [1.54, 1.807) is 17.9 Å². The molecule has 2 aromatic rings. The fourth-order valence-corrected chi connectivity index (χ4v) is 4.02. The molecule has 0 radical (unpaired) electrons. The van der Waals surface area contributed by atoms with E-state index in [0.29, 0.717) is 24.1 Å². The number of amides is 1. The number of carbonyl (C=O) groups is 1. The topological polar surface area (TPSA) is 75.4 Å². The lowest BCUT2D eigenvalue weighted by atomic mass is 9.97. The van der Waals surface area contributed by atoms with Gasteiger partial charge >= 0.3 is 0 Å². The third kappa shape index (κ3) is 3.24. The van der Waals surface area contributed by atoms with E-state index < -0.39 is 0 Å². The summed E-state index contributed by atoms with van der Waals surface area (Å²) in [6.07, 6.45) is 1.55. The zero-order chi connectivity index (χ0) is 20.0. The van der Waals surface area contributed by atoms with E-state index >= 15 is 0 Å². The molecule has 1 aromatic carbocycles. The Hall–Kier alpha value is -2.54. The van der Waals surface area contributed by atoms with E-state index in [0.717, 1.165) is 42.1 Å². The Balaban J connectivity index is 1.63. The molecule has 0 unspecified atom stereocenters. The first-order chi connectivity index (χ1) is 13.3. The molecule has 2 aliphatic heterocycles. The van der Waals surface area contributed by atoms with Gasteiger partial charge in [-0.05, 0) is 44.7 Å². The first-order valence-corrected chi connectivity index (χ1v) is 9.77. The number of hydrogen-bond donors (Lipinski definition) is 1. The Kier molecular flexibility index (Phi) is 4.79. The molecule has 0 aliphatic carbocycles. The highest BCUT2D eigenvalue weighted by Gasteiger charge is 2.29. The zero-order valence-corrected chi connectivity index (χ0v) is 16.6. The average molecular weight is 383 g/mol. The molecule has 7 heteroatoms. The van der Waals surface area contributed by atoms with Gasteiger partial charge in [-0.3, -0.25) is 4.79 Å². The van der Waals surface area contributed by atoms with Crippen LogP contribution >= 0.6 is 0 Å². The summed E-state index contributed by atoms with van der Waals surface area (Å²) in [5.41, 5.74) is 9.97. The first-order valence-electron chi connectivity index (χ1n) is 9.77. The summed E-state index contributed by atoms with van der Waals surface area (Å²) < 4.78 is 14.6. The van der Waals surface area contributed by atoms with Gasteiger partial charge in [0.2, 0.25) is 5.82 Å². The van der Waals surface area contributed by atoms with Gasteiger partial charge in [0, 0.05) is 49.0 Å². The molecule has 6 nitrogen and oxygen atoms in total. The number of rotatable bonds is 2. The molecular weight excluding hydrogens is 357 g/mol. The molecule has 1 amide bonds. The highest BCUT2D eigenvalue weighted by molar-refractivity contribution is 5.91. The van der Waals surface area contributed by atoms with E-state index in [2.05, 4.69) is 14.9 Å².